The fourth-order valence-corrected chi connectivity index (χ4v) is 4.88. The van der Waals surface area contributed by atoms with Gasteiger partial charge in [0, 0.05) is 32.0 Å². The van der Waals surface area contributed by atoms with Crippen molar-refractivity contribution < 1.29 is 27.5 Å². The Hall–Kier alpha value is -2.94. The van der Waals surface area contributed by atoms with Crippen LogP contribution >= 0.6 is 0 Å². The number of amides is 2. The quantitative estimate of drug-likeness (QED) is 0.733. The molecular weight excluding hydrogens is 411 g/mol. The van der Waals surface area contributed by atoms with Crippen LogP contribution in [0, 0.1) is 17.5 Å². The second-order valence-electron chi connectivity index (χ2n) is 8.23. The molecule has 0 N–H and O–H groups in total. The average molecular weight is 431 g/mol. The van der Waals surface area contributed by atoms with E-state index in [2.05, 4.69) is 4.98 Å². The summed E-state index contributed by atoms with van der Waals surface area (Å²) in [6.45, 7) is 0.590. The van der Waals surface area contributed by atoms with Gasteiger partial charge >= 0.3 is 0 Å². The largest absolute Gasteiger partial charge is 0.342 e. The lowest BCUT2D eigenvalue weighted by Crippen LogP contribution is -2.51. The van der Waals surface area contributed by atoms with Crippen molar-refractivity contribution in [2.45, 2.75) is 43.6 Å². The van der Waals surface area contributed by atoms with Crippen LogP contribution in [0.4, 0.5) is 13.2 Å². The molecule has 0 bridgehead atoms. The molecule has 0 saturated carbocycles. The molecular formula is C22H20F3N3O3. The minimum absolute atomic E-state index is 0.143. The molecule has 162 valence electrons. The zero-order valence-electron chi connectivity index (χ0n) is 16.6. The van der Waals surface area contributed by atoms with Gasteiger partial charge in [0.25, 0.3) is 11.8 Å². The van der Waals surface area contributed by atoms with Crippen molar-refractivity contribution in [2.24, 2.45) is 0 Å². The number of aromatic nitrogens is 1. The van der Waals surface area contributed by atoms with Crippen molar-refractivity contribution in [2.75, 3.05) is 13.1 Å². The molecule has 2 unspecified atom stereocenters. The van der Waals surface area contributed by atoms with Gasteiger partial charge in [-0.25, -0.2) is 18.2 Å². The van der Waals surface area contributed by atoms with Gasteiger partial charge < -0.3 is 14.5 Å². The van der Waals surface area contributed by atoms with Crippen LogP contribution in [0.1, 0.15) is 47.8 Å². The van der Waals surface area contributed by atoms with Gasteiger partial charge in [-0.05, 0) is 42.7 Å². The van der Waals surface area contributed by atoms with Crippen LogP contribution in [0.2, 0.25) is 0 Å². The Morgan fingerprint density at radius 1 is 1.03 bits per heavy atom. The number of rotatable bonds is 2. The Bertz CT molecular complexity index is 1020. The Labute approximate surface area is 176 Å². The Balaban J connectivity index is 1.31. The number of pyridine rings is 1. The number of ether oxygens (including phenoxy) is 1. The maximum Gasteiger partial charge on any atom is 0.272 e. The zero-order valence-corrected chi connectivity index (χ0v) is 16.6. The first-order valence-corrected chi connectivity index (χ1v) is 10.2. The molecule has 6 nitrogen and oxygen atoms in total. The highest BCUT2D eigenvalue weighted by molar-refractivity contribution is 5.93. The summed E-state index contributed by atoms with van der Waals surface area (Å²) in [5, 5.41) is 0. The van der Waals surface area contributed by atoms with E-state index in [1.165, 1.54) is 24.3 Å². The Morgan fingerprint density at radius 2 is 1.74 bits per heavy atom. The fraction of sp³-hybridized carbons (Fsp3) is 0.409. The van der Waals surface area contributed by atoms with E-state index in [1.807, 2.05) is 0 Å². The molecule has 5 rings (SSSR count). The van der Waals surface area contributed by atoms with Crippen molar-refractivity contribution >= 4 is 11.8 Å². The van der Waals surface area contributed by atoms with Crippen LogP contribution in [-0.4, -0.2) is 51.5 Å². The third-order valence-corrected chi connectivity index (χ3v) is 6.39. The van der Waals surface area contributed by atoms with E-state index in [4.69, 9.17) is 4.74 Å². The highest BCUT2D eigenvalue weighted by atomic mass is 19.1. The molecule has 4 heterocycles. The van der Waals surface area contributed by atoms with Gasteiger partial charge in [0.05, 0.1) is 12.2 Å². The van der Waals surface area contributed by atoms with E-state index in [1.54, 1.807) is 9.80 Å². The summed E-state index contributed by atoms with van der Waals surface area (Å²) in [7, 11) is 0. The van der Waals surface area contributed by atoms with E-state index in [0.717, 1.165) is 12.3 Å². The van der Waals surface area contributed by atoms with E-state index in [-0.39, 0.29) is 17.5 Å². The predicted molar refractivity (Wildman–Crippen MR) is 102 cm³/mol. The molecule has 1 aromatic heterocycles. The molecule has 2 amide bonds. The van der Waals surface area contributed by atoms with Crippen molar-refractivity contribution in [3.63, 3.8) is 0 Å². The van der Waals surface area contributed by atoms with Gasteiger partial charge in [-0.3, -0.25) is 9.59 Å². The fourth-order valence-electron chi connectivity index (χ4n) is 4.88. The van der Waals surface area contributed by atoms with Crippen LogP contribution in [0.25, 0.3) is 0 Å². The van der Waals surface area contributed by atoms with Gasteiger partial charge in [-0.1, -0.05) is 0 Å². The van der Waals surface area contributed by atoms with Crippen LogP contribution in [-0.2, 0) is 9.53 Å². The minimum atomic E-state index is -1.04. The molecule has 0 aliphatic carbocycles. The number of likely N-dealkylation sites (tertiary alicyclic amines) is 1. The Morgan fingerprint density at radius 3 is 2.39 bits per heavy atom. The highest BCUT2D eigenvalue weighted by Gasteiger charge is 2.58. The average Bonchev–Trinajstić information content (AvgIpc) is 3.26. The summed E-state index contributed by atoms with van der Waals surface area (Å²) in [4.78, 5) is 33.0. The summed E-state index contributed by atoms with van der Waals surface area (Å²) in [5.74, 6) is -2.40. The van der Waals surface area contributed by atoms with Crippen LogP contribution in [0.5, 0.6) is 0 Å². The minimum Gasteiger partial charge on any atom is -0.342 e. The normalized spacial score (nSPS) is 24.7. The van der Waals surface area contributed by atoms with E-state index >= 15 is 0 Å². The van der Waals surface area contributed by atoms with E-state index < -0.39 is 35.3 Å². The maximum absolute atomic E-state index is 13.7. The third kappa shape index (κ3) is 3.37. The number of piperidine rings is 1. The van der Waals surface area contributed by atoms with Gasteiger partial charge in [-0.2, -0.15) is 0 Å². The second kappa shape index (κ2) is 7.33. The molecule has 3 aliphatic heterocycles. The molecule has 2 atom stereocenters. The van der Waals surface area contributed by atoms with E-state index in [0.29, 0.717) is 44.3 Å². The number of carbonyl (C=O) groups is 2. The lowest BCUT2D eigenvalue weighted by Gasteiger charge is -2.37. The summed E-state index contributed by atoms with van der Waals surface area (Å²) < 4.78 is 46.7. The molecule has 3 fully saturated rings. The van der Waals surface area contributed by atoms with Crippen LogP contribution in [0.3, 0.4) is 0 Å². The number of halogens is 3. The summed E-state index contributed by atoms with van der Waals surface area (Å²) in [6.07, 6.45) is 2.33. The van der Waals surface area contributed by atoms with Crippen LogP contribution in [0.15, 0.2) is 36.5 Å². The van der Waals surface area contributed by atoms with Crippen LogP contribution < -0.4 is 0 Å². The maximum atomic E-state index is 13.7. The number of fused-ring (bicyclic) bond motifs is 1. The highest BCUT2D eigenvalue weighted by Crippen LogP contribution is 2.47. The number of hydrogen-bond donors (Lipinski definition) is 0. The topological polar surface area (TPSA) is 62.7 Å². The molecule has 1 aromatic carbocycles. The van der Waals surface area contributed by atoms with Gasteiger partial charge in [-0.15, -0.1) is 0 Å². The smallest absolute Gasteiger partial charge is 0.272 e. The SMILES string of the molecule is O=C(c1ccc(F)cn1)N1CCC2(CC1)OC1CCC(c3cc(F)cc(F)c3)N1C2=O. The van der Waals surface area contributed by atoms with Crippen molar-refractivity contribution in [3.05, 3.63) is 65.2 Å². The number of benzene rings is 1. The zero-order chi connectivity index (χ0) is 21.8. The summed E-state index contributed by atoms with van der Waals surface area (Å²) in [5.41, 5.74) is -0.476. The van der Waals surface area contributed by atoms with E-state index in [9.17, 15) is 22.8 Å². The summed E-state index contributed by atoms with van der Waals surface area (Å²) >= 11 is 0. The monoisotopic (exact) mass is 431 g/mol. The molecule has 1 spiro atoms. The summed E-state index contributed by atoms with van der Waals surface area (Å²) in [6, 6.07) is 5.39. The number of nitrogens with zero attached hydrogens (tertiary/aromatic N) is 3. The first kappa shape index (κ1) is 20.0. The lowest BCUT2D eigenvalue weighted by atomic mass is 9.89. The molecule has 9 heteroatoms. The third-order valence-electron chi connectivity index (χ3n) is 6.39. The number of carbonyl (C=O) groups excluding carboxylic acids is 2. The van der Waals surface area contributed by atoms with Gasteiger partial charge in [0.1, 0.15) is 29.4 Å². The first-order valence-electron chi connectivity index (χ1n) is 10.2. The standard InChI is InChI=1S/C22H20F3N3O3/c23-14-1-2-17(26-12-14)20(29)27-7-5-22(6-8-27)21(30)28-18(3-4-19(28)31-22)13-9-15(24)11-16(25)10-13/h1-2,9-12,18-19H,3-8H2. The molecule has 3 aliphatic rings. The predicted octanol–water partition coefficient (Wildman–Crippen LogP) is 3.19. The van der Waals surface area contributed by atoms with Gasteiger partial charge in [0.2, 0.25) is 0 Å². The molecule has 2 aromatic rings. The van der Waals surface area contributed by atoms with Gasteiger partial charge in [0.15, 0.2) is 5.60 Å². The lowest BCUT2D eigenvalue weighted by molar-refractivity contribution is -0.142. The molecule has 0 radical (unpaired) electrons. The second-order valence-corrected chi connectivity index (χ2v) is 8.23. The molecule has 3 saturated heterocycles. The van der Waals surface area contributed by atoms with Crippen molar-refractivity contribution in [1.82, 2.24) is 14.8 Å². The van der Waals surface area contributed by atoms with Crippen molar-refractivity contribution in [1.29, 1.82) is 0 Å². The van der Waals surface area contributed by atoms with Crippen molar-refractivity contribution in [3.8, 4) is 0 Å². The Kier molecular flexibility index (Phi) is 4.73. The number of hydrogen-bond acceptors (Lipinski definition) is 4. The first-order chi connectivity index (χ1) is 14.9. The molecule has 31 heavy (non-hydrogen) atoms.